The van der Waals surface area contributed by atoms with Crippen molar-refractivity contribution in [3.63, 3.8) is 0 Å². The molecule has 1 heterocycles. The number of halogens is 1. The molecule has 1 aliphatic heterocycles. The summed E-state index contributed by atoms with van der Waals surface area (Å²) in [4.78, 5) is 11.8. The summed E-state index contributed by atoms with van der Waals surface area (Å²) in [6, 6.07) is 5.55. The van der Waals surface area contributed by atoms with Gasteiger partial charge in [0, 0.05) is 12.3 Å². The molecule has 1 unspecified atom stereocenters. The summed E-state index contributed by atoms with van der Waals surface area (Å²) < 4.78 is 17.7. The zero-order valence-electron chi connectivity index (χ0n) is 8.70. The van der Waals surface area contributed by atoms with Gasteiger partial charge in [-0.2, -0.15) is 0 Å². The van der Waals surface area contributed by atoms with Crippen LogP contribution < -0.4 is 11.1 Å². The number of anilines is 1. The van der Waals surface area contributed by atoms with Gasteiger partial charge in [0.05, 0.1) is 6.61 Å². The summed E-state index contributed by atoms with van der Waals surface area (Å²) >= 11 is 0. The minimum absolute atomic E-state index is 0.222. The highest BCUT2D eigenvalue weighted by molar-refractivity contribution is 5.98. The van der Waals surface area contributed by atoms with Gasteiger partial charge < -0.3 is 15.8 Å². The van der Waals surface area contributed by atoms with E-state index in [0.29, 0.717) is 18.7 Å². The summed E-state index contributed by atoms with van der Waals surface area (Å²) in [5.74, 6) is -0.638. The fraction of sp³-hybridized carbons (Fsp3) is 0.364. The van der Waals surface area contributed by atoms with E-state index in [9.17, 15) is 9.18 Å². The first-order chi connectivity index (χ1) is 7.60. The summed E-state index contributed by atoms with van der Waals surface area (Å²) in [7, 11) is 0. The highest BCUT2D eigenvalue weighted by Gasteiger charge is 2.38. The average Bonchev–Trinajstić information content (AvgIpc) is 2.70. The molecule has 0 aromatic heterocycles. The van der Waals surface area contributed by atoms with Crippen LogP contribution in [0.15, 0.2) is 24.3 Å². The molecular formula is C11H13FN2O2. The van der Waals surface area contributed by atoms with Crippen molar-refractivity contribution in [1.29, 1.82) is 0 Å². The van der Waals surface area contributed by atoms with Gasteiger partial charge in [0.1, 0.15) is 11.4 Å². The topological polar surface area (TPSA) is 64.4 Å². The smallest absolute Gasteiger partial charge is 0.246 e. The molecule has 86 valence electrons. The second-order valence-corrected chi connectivity index (χ2v) is 3.92. The Hall–Kier alpha value is -1.46. The summed E-state index contributed by atoms with van der Waals surface area (Å²) in [6.07, 6.45) is 0.500. The molecule has 0 saturated carbocycles. The van der Waals surface area contributed by atoms with Crippen molar-refractivity contribution in [2.45, 2.75) is 12.0 Å². The maximum Gasteiger partial charge on any atom is 0.246 e. The van der Waals surface area contributed by atoms with Crippen molar-refractivity contribution >= 4 is 11.6 Å². The zero-order chi connectivity index (χ0) is 11.6. The van der Waals surface area contributed by atoms with Gasteiger partial charge in [0.2, 0.25) is 5.91 Å². The van der Waals surface area contributed by atoms with Crippen LogP contribution in [-0.4, -0.2) is 24.7 Å². The van der Waals surface area contributed by atoms with Gasteiger partial charge >= 0.3 is 0 Å². The number of ether oxygens (including phenoxy) is 1. The minimum Gasteiger partial charge on any atom is -0.379 e. The Morgan fingerprint density at radius 1 is 1.44 bits per heavy atom. The van der Waals surface area contributed by atoms with Crippen LogP contribution in [0.5, 0.6) is 0 Å². The number of carbonyl (C=O) groups excluding carboxylic acids is 1. The maximum atomic E-state index is 12.6. The fourth-order valence-corrected chi connectivity index (χ4v) is 1.55. The molecule has 0 spiro atoms. The predicted molar refractivity (Wildman–Crippen MR) is 57.4 cm³/mol. The van der Waals surface area contributed by atoms with E-state index >= 15 is 0 Å². The number of nitrogens with one attached hydrogen (secondary N) is 1. The van der Waals surface area contributed by atoms with Crippen molar-refractivity contribution in [2.24, 2.45) is 5.73 Å². The number of amides is 1. The summed E-state index contributed by atoms with van der Waals surface area (Å²) in [5.41, 5.74) is 5.44. The van der Waals surface area contributed by atoms with E-state index in [1.807, 2.05) is 0 Å². The van der Waals surface area contributed by atoms with Crippen molar-refractivity contribution in [3.8, 4) is 0 Å². The third kappa shape index (κ3) is 2.20. The van der Waals surface area contributed by atoms with E-state index in [1.165, 1.54) is 24.3 Å². The Bertz CT molecular complexity index is 385. The first-order valence-electron chi connectivity index (χ1n) is 5.04. The standard InChI is InChI=1S/C11H13FN2O2/c12-8-1-3-9(4-2-8)14-10(15)11(13)5-6-16-7-11/h1-4H,5-7,13H2,(H,14,15). The summed E-state index contributed by atoms with van der Waals surface area (Å²) in [5, 5.41) is 2.64. The number of nitrogens with two attached hydrogens (primary N) is 1. The van der Waals surface area contributed by atoms with Gasteiger partial charge in [-0.3, -0.25) is 4.79 Å². The van der Waals surface area contributed by atoms with Crippen LogP contribution in [0.4, 0.5) is 10.1 Å². The minimum atomic E-state index is -0.964. The molecule has 3 N–H and O–H groups in total. The second kappa shape index (κ2) is 4.19. The number of benzene rings is 1. The van der Waals surface area contributed by atoms with Crippen LogP contribution in [-0.2, 0) is 9.53 Å². The molecule has 5 heteroatoms. The number of rotatable bonds is 2. The van der Waals surface area contributed by atoms with Crippen molar-refractivity contribution in [2.75, 3.05) is 18.5 Å². The number of hydrogen-bond donors (Lipinski definition) is 2. The first-order valence-corrected chi connectivity index (χ1v) is 5.04. The lowest BCUT2D eigenvalue weighted by Gasteiger charge is -2.20. The molecule has 1 saturated heterocycles. The van der Waals surface area contributed by atoms with Crippen LogP contribution in [0.3, 0.4) is 0 Å². The molecule has 1 aromatic carbocycles. The molecule has 1 amide bonds. The molecule has 16 heavy (non-hydrogen) atoms. The molecule has 1 aliphatic rings. The third-order valence-corrected chi connectivity index (χ3v) is 2.61. The lowest BCUT2D eigenvalue weighted by atomic mass is 9.99. The molecule has 1 aromatic rings. The van der Waals surface area contributed by atoms with Gasteiger partial charge in [-0.05, 0) is 30.7 Å². The molecule has 0 radical (unpaired) electrons. The van der Waals surface area contributed by atoms with Crippen molar-refractivity contribution in [3.05, 3.63) is 30.1 Å². The van der Waals surface area contributed by atoms with Crippen molar-refractivity contribution in [1.82, 2.24) is 0 Å². The van der Waals surface area contributed by atoms with Crippen LogP contribution in [0.25, 0.3) is 0 Å². The van der Waals surface area contributed by atoms with E-state index in [2.05, 4.69) is 5.32 Å². The third-order valence-electron chi connectivity index (χ3n) is 2.61. The van der Waals surface area contributed by atoms with Gasteiger partial charge in [-0.1, -0.05) is 0 Å². The molecular weight excluding hydrogens is 211 g/mol. The SMILES string of the molecule is NC1(C(=O)Nc2ccc(F)cc2)CCOC1. The van der Waals surface area contributed by atoms with Crippen LogP contribution >= 0.6 is 0 Å². The Morgan fingerprint density at radius 2 is 2.12 bits per heavy atom. The molecule has 4 nitrogen and oxygen atoms in total. The van der Waals surface area contributed by atoms with E-state index < -0.39 is 5.54 Å². The van der Waals surface area contributed by atoms with E-state index in [-0.39, 0.29) is 18.3 Å². The Kier molecular flexibility index (Phi) is 2.89. The van der Waals surface area contributed by atoms with E-state index in [1.54, 1.807) is 0 Å². The Morgan fingerprint density at radius 3 is 2.69 bits per heavy atom. The van der Waals surface area contributed by atoms with Gasteiger partial charge in [0.15, 0.2) is 0 Å². The number of hydrogen-bond acceptors (Lipinski definition) is 3. The first kappa shape index (κ1) is 11.0. The highest BCUT2D eigenvalue weighted by Crippen LogP contribution is 2.18. The lowest BCUT2D eigenvalue weighted by Crippen LogP contribution is -2.51. The van der Waals surface area contributed by atoms with Crippen LogP contribution in [0.2, 0.25) is 0 Å². The number of carbonyl (C=O) groups is 1. The van der Waals surface area contributed by atoms with Gasteiger partial charge in [0.25, 0.3) is 0 Å². The molecule has 1 fully saturated rings. The normalized spacial score (nSPS) is 24.4. The van der Waals surface area contributed by atoms with Crippen molar-refractivity contribution < 1.29 is 13.9 Å². The maximum absolute atomic E-state index is 12.6. The molecule has 0 aliphatic carbocycles. The quantitative estimate of drug-likeness (QED) is 0.783. The Balaban J connectivity index is 2.04. The van der Waals surface area contributed by atoms with Gasteiger partial charge in [-0.15, -0.1) is 0 Å². The Labute approximate surface area is 92.6 Å². The average molecular weight is 224 g/mol. The van der Waals surface area contributed by atoms with E-state index in [4.69, 9.17) is 10.5 Å². The summed E-state index contributed by atoms with van der Waals surface area (Å²) in [6.45, 7) is 0.716. The highest BCUT2D eigenvalue weighted by atomic mass is 19.1. The predicted octanol–water partition coefficient (Wildman–Crippen LogP) is 0.882. The molecule has 1 atom stereocenters. The van der Waals surface area contributed by atoms with E-state index in [0.717, 1.165) is 0 Å². The fourth-order valence-electron chi connectivity index (χ4n) is 1.55. The van der Waals surface area contributed by atoms with Crippen LogP contribution in [0.1, 0.15) is 6.42 Å². The molecule has 2 rings (SSSR count). The zero-order valence-corrected chi connectivity index (χ0v) is 8.70. The lowest BCUT2D eigenvalue weighted by molar-refractivity contribution is -0.121. The molecule has 0 bridgehead atoms. The second-order valence-electron chi connectivity index (χ2n) is 3.92. The monoisotopic (exact) mass is 224 g/mol. The van der Waals surface area contributed by atoms with Gasteiger partial charge in [-0.25, -0.2) is 4.39 Å². The largest absolute Gasteiger partial charge is 0.379 e. The van der Waals surface area contributed by atoms with Crippen LogP contribution in [0, 0.1) is 5.82 Å².